The number of aromatic nitrogens is 3. The third-order valence-electron chi connectivity index (χ3n) is 2.66. The number of hydrogen-bond acceptors (Lipinski definition) is 5. The maximum Gasteiger partial charge on any atom is 0.214 e. The van der Waals surface area contributed by atoms with Gasteiger partial charge < -0.3 is 14.9 Å². The molecule has 0 aliphatic carbocycles. The van der Waals surface area contributed by atoms with Gasteiger partial charge in [0.25, 0.3) is 0 Å². The number of nitrogens with zero attached hydrogens (tertiary/aromatic N) is 2. The number of hydrogen-bond donors (Lipinski definition) is 2. The zero-order valence-electron chi connectivity index (χ0n) is 11.9. The van der Waals surface area contributed by atoms with Crippen LogP contribution in [0, 0.1) is 4.77 Å². The Morgan fingerprint density at radius 2 is 2.10 bits per heavy atom. The Bertz CT molecular complexity index is 656. The Hall–Kier alpha value is -1.73. The fourth-order valence-electron chi connectivity index (χ4n) is 1.81. The molecule has 0 fully saturated rings. The summed E-state index contributed by atoms with van der Waals surface area (Å²) < 4.78 is 13.2. The Morgan fingerprint density at radius 1 is 1.33 bits per heavy atom. The van der Waals surface area contributed by atoms with E-state index in [1.54, 1.807) is 11.0 Å². The molecule has 2 aromatic rings. The molecule has 21 heavy (non-hydrogen) atoms. The van der Waals surface area contributed by atoms with E-state index in [1.165, 1.54) is 0 Å². The molecule has 0 atom stereocenters. The molecule has 114 valence electrons. The maximum absolute atomic E-state index is 6.26. The Balaban J connectivity index is 2.20. The number of ether oxygens (including phenoxy) is 2. The van der Waals surface area contributed by atoms with Gasteiger partial charge in [-0.2, -0.15) is 5.10 Å². The van der Waals surface area contributed by atoms with Gasteiger partial charge in [0.15, 0.2) is 11.5 Å². The van der Waals surface area contributed by atoms with Gasteiger partial charge in [-0.05, 0) is 43.8 Å². The van der Waals surface area contributed by atoms with Gasteiger partial charge in [0.1, 0.15) is 6.33 Å². The standard InChI is InChI=1S/C13H17ClN4O2S/c1-3-19-11-6-9(5-10(14)12(11)20-4-2)7-16-18-8-15-17-13(18)21/h5-6,8,16H,3-4,7H2,1-2H3,(H,17,21). The second-order valence-corrected chi connectivity index (χ2v) is 4.93. The molecule has 0 unspecified atom stereocenters. The largest absolute Gasteiger partial charge is 0.490 e. The first kappa shape index (κ1) is 15.7. The Morgan fingerprint density at radius 3 is 2.71 bits per heavy atom. The van der Waals surface area contributed by atoms with Crippen molar-refractivity contribution < 1.29 is 9.47 Å². The van der Waals surface area contributed by atoms with Gasteiger partial charge in [-0.25, -0.2) is 4.68 Å². The molecule has 1 aromatic heterocycles. The van der Waals surface area contributed by atoms with Crippen molar-refractivity contribution in [2.75, 3.05) is 18.6 Å². The molecule has 0 radical (unpaired) electrons. The van der Waals surface area contributed by atoms with Crippen LogP contribution in [-0.4, -0.2) is 28.1 Å². The summed E-state index contributed by atoms with van der Waals surface area (Å²) in [6.07, 6.45) is 1.57. The summed E-state index contributed by atoms with van der Waals surface area (Å²) in [5, 5.41) is 7.03. The van der Waals surface area contributed by atoms with Crippen molar-refractivity contribution in [1.29, 1.82) is 0 Å². The predicted molar refractivity (Wildman–Crippen MR) is 84.3 cm³/mol. The first-order valence-electron chi connectivity index (χ1n) is 6.59. The molecule has 0 saturated carbocycles. The summed E-state index contributed by atoms with van der Waals surface area (Å²) in [5.74, 6) is 1.21. The summed E-state index contributed by atoms with van der Waals surface area (Å²) in [6.45, 7) is 5.42. The summed E-state index contributed by atoms with van der Waals surface area (Å²) in [7, 11) is 0. The second-order valence-electron chi connectivity index (χ2n) is 4.14. The highest BCUT2D eigenvalue weighted by Gasteiger charge is 2.12. The van der Waals surface area contributed by atoms with Crippen molar-refractivity contribution in [2.24, 2.45) is 0 Å². The van der Waals surface area contributed by atoms with Crippen LogP contribution < -0.4 is 14.9 Å². The van der Waals surface area contributed by atoms with E-state index in [0.717, 1.165) is 5.56 Å². The van der Waals surface area contributed by atoms with Gasteiger partial charge >= 0.3 is 0 Å². The Kier molecular flexibility index (Phi) is 5.46. The number of halogens is 1. The molecule has 8 heteroatoms. The summed E-state index contributed by atoms with van der Waals surface area (Å²) in [5.41, 5.74) is 4.07. The van der Waals surface area contributed by atoms with Crippen molar-refractivity contribution >= 4 is 23.8 Å². The van der Waals surface area contributed by atoms with Crippen molar-refractivity contribution in [3.63, 3.8) is 0 Å². The monoisotopic (exact) mass is 328 g/mol. The van der Waals surface area contributed by atoms with Crippen molar-refractivity contribution in [3.8, 4) is 11.5 Å². The molecule has 0 aliphatic rings. The number of benzene rings is 1. The van der Waals surface area contributed by atoms with Crippen LogP contribution in [0.15, 0.2) is 18.5 Å². The lowest BCUT2D eigenvalue weighted by atomic mass is 10.2. The van der Waals surface area contributed by atoms with Crippen molar-refractivity contribution in [3.05, 3.63) is 33.8 Å². The molecule has 0 spiro atoms. The smallest absolute Gasteiger partial charge is 0.214 e. The molecule has 1 heterocycles. The third kappa shape index (κ3) is 3.89. The number of nitrogens with one attached hydrogen (secondary N) is 2. The quantitative estimate of drug-likeness (QED) is 0.764. The van der Waals surface area contributed by atoms with Crippen LogP contribution in [0.3, 0.4) is 0 Å². The van der Waals surface area contributed by atoms with E-state index >= 15 is 0 Å². The Labute approximate surface area is 133 Å². The zero-order chi connectivity index (χ0) is 15.2. The van der Waals surface area contributed by atoms with E-state index in [-0.39, 0.29) is 0 Å². The van der Waals surface area contributed by atoms with Crippen LogP contribution in [0.1, 0.15) is 19.4 Å². The normalized spacial score (nSPS) is 10.4. The molecule has 0 saturated heterocycles. The molecule has 0 aliphatic heterocycles. The lowest BCUT2D eigenvalue weighted by molar-refractivity contribution is 0.287. The summed E-state index contributed by atoms with van der Waals surface area (Å²) >= 11 is 11.3. The van der Waals surface area contributed by atoms with E-state index in [2.05, 4.69) is 15.6 Å². The van der Waals surface area contributed by atoms with Crippen LogP contribution in [0.25, 0.3) is 0 Å². The molecule has 1 aromatic carbocycles. The minimum Gasteiger partial charge on any atom is -0.490 e. The minimum atomic E-state index is 0.497. The van der Waals surface area contributed by atoms with Gasteiger partial charge in [0.05, 0.1) is 24.8 Å². The van der Waals surface area contributed by atoms with Crippen LogP contribution in [0.5, 0.6) is 11.5 Å². The fraction of sp³-hybridized carbons (Fsp3) is 0.385. The third-order valence-corrected chi connectivity index (χ3v) is 3.23. The predicted octanol–water partition coefficient (Wildman–Crippen LogP) is 3.14. The van der Waals surface area contributed by atoms with Gasteiger partial charge in [0.2, 0.25) is 4.77 Å². The van der Waals surface area contributed by atoms with Gasteiger partial charge in [-0.3, -0.25) is 5.10 Å². The van der Waals surface area contributed by atoms with Gasteiger partial charge in [-0.1, -0.05) is 11.6 Å². The van der Waals surface area contributed by atoms with Crippen LogP contribution >= 0.6 is 23.8 Å². The minimum absolute atomic E-state index is 0.497. The van der Waals surface area contributed by atoms with E-state index in [1.807, 2.05) is 26.0 Å². The molecule has 0 amide bonds. The zero-order valence-corrected chi connectivity index (χ0v) is 13.4. The van der Waals surface area contributed by atoms with Gasteiger partial charge in [-0.15, -0.1) is 0 Å². The highest BCUT2D eigenvalue weighted by atomic mass is 35.5. The summed E-state index contributed by atoms with van der Waals surface area (Å²) in [6, 6.07) is 3.74. The van der Waals surface area contributed by atoms with E-state index < -0.39 is 0 Å². The highest BCUT2D eigenvalue weighted by Crippen LogP contribution is 2.36. The topological polar surface area (TPSA) is 64.1 Å². The van der Waals surface area contributed by atoms with Crippen LogP contribution in [0.2, 0.25) is 5.02 Å². The molecule has 2 N–H and O–H groups in total. The highest BCUT2D eigenvalue weighted by molar-refractivity contribution is 7.71. The molecule has 6 nitrogen and oxygen atoms in total. The molecule has 2 rings (SSSR count). The molecular formula is C13H17ClN4O2S. The van der Waals surface area contributed by atoms with Crippen LogP contribution in [0.4, 0.5) is 0 Å². The van der Waals surface area contributed by atoms with E-state index in [9.17, 15) is 0 Å². The number of H-pyrrole nitrogens is 1. The van der Waals surface area contributed by atoms with Crippen molar-refractivity contribution in [1.82, 2.24) is 14.9 Å². The number of rotatable bonds is 7. The molecule has 0 bridgehead atoms. The lowest BCUT2D eigenvalue weighted by Crippen LogP contribution is -2.13. The molecular weight excluding hydrogens is 312 g/mol. The fourth-order valence-corrected chi connectivity index (χ4v) is 2.26. The average Bonchev–Trinajstić information content (AvgIpc) is 2.86. The first-order chi connectivity index (χ1) is 10.2. The lowest BCUT2D eigenvalue weighted by Gasteiger charge is -2.15. The number of aromatic amines is 1. The van der Waals surface area contributed by atoms with E-state index in [0.29, 0.717) is 41.1 Å². The summed E-state index contributed by atoms with van der Waals surface area (Å²) in [4.78, 5) is 0. The SMILES string of the molecule is CCOc1cc(CNn2cn[nH]c2=S)cc(Cl)c1OCC. The van der Waals surface area contributed by atoms with E-state index in [4.69, 9.17) is 33.3 Å². The second kappa shape index (κ2) is 7.33. The maximum atomic E-state index is 6.26. The first-order valence-corrected chi connectivity index (χ1v) is 7.38. The van der Waals surface area contributed by atoms with Crippen LogP contribution in [-0.2, 0) is 6.54 Å². The average molecular weight is 329 g/mol. The van der Waals surface area contributed by atoms with Gasteiger partial charge in [0, 0.05) is 0 Å². The van der Waals surface area contributed by atoms with Crippen molar-refractivity contribution in [2.45, 2.75) is 20.4 Å².